The summed E-state index contributed by atoms with van der Waals surface area (Å²) >= 11 is 0. The van der Waals surface area contributed by atoms with E-state index in [1.807, 2.05) is 0 Å². The van der Waals surface area contributed by atoms with Gasteiger partial charge in [-0.15, -0.1) is 0 Å². The van der Waals surface area contributed by atoms with Gasteiger partial charge in [0.25, 0.3) is 0 Å². The summed E-state index contributed by atoms with van der Waals surface area (Å²) in [5, 5.41) is 0. The van der Waals surface area contributed by atoms with Crippen LogP contribution < -0.4 is 9.80 Å². The first-order chi connectivity index (χ1) is 13.9. The third-order valence-corrected chi connectivity index (χ3v) is 7.44. The number of hydrogen-bond acceptors (Lipinski definition) is 2. The van der Waals surface area contributed by atoms with Crippen molar-refractivity contribution in [3.8, 4) is 0 Å². The molecule has 144 valence electrons. The average molecular weight is 383 g/mol. The first-order valence-electron chi connectivity index (χ1n) is 10.3. The molecule has 4 heterocycles. The zero-order valence-electron chi connectivity index (χ0n) is 17.9. The van der Waals surface area contributed by atoms with E-state index >= 15 is 0 Å². The maximum atomic E-state index is 2.55. The predicted octanol–water partition coefficient (Wildman–Crippen LogP) is 5.46. The lowest BCUT2D eigenvalue weighted by Gasteiger charge is -2.39. The van der Waals surface area contributed by atoms with E-state index in [4.69, 9.17) is 0 Å². The summed E-state index contributed by atoms with van der Waals surface area (Å²) in [5.41, 5.74) is 13.0. The fourth-order valence-corrected chi connectivity index (χ4v) is 5.75. The third-order valence-electron chi connectivity index (χ3n) is 7.44. The number of rotatable bonds is 0. The maximum absolute atomic E-state index is 2.55. The standard InChI is InChI=1S/C25H26N4/c1-15-17(3)26-21-11-7-9-13-23(21)28-19(5)16(2)20(6)29-24-14-10-8-12-22(24)27(18(15)4)25(26,28)29/h7-14H,1-6H3/q+2. The van der Waals surface area contributed by atoms with Gasteiger partial charge in [-0.2, -0.15) is 9.80 Å². The summed E-state index contributed by atoms with van der Waals surface area (Å²) in [6.45, 7) is 13.6. The summed E-state index contributed by atoms with van der Waals surface area (Å²) < 4.78 is 5.09. The van der Waals surface area contributed by atoms with Crippen LogP contribution in [0.15, 0.2) is 71.1 Å². The highest BCUT2D eigenvalue weighted by Gasteiger charge is 2.78. The number of fused-ring (bicyclic) bond motifs is 6. The zero-order valence-corrected chi connectivity index (χ0v) is 17.9. The molecule has 4 heteroatoms. The molecule has 2 aromatic carbocycles. The summed E-state index contributed by atoms with van der Waals surface area (Å²) in [4.78, 5) is 5.09. The van der Waals surface area contributed by atoms with E-state index in [9.17, 15) is 0 Å². The van der Waals surface area contributed by atoms with Gasteiger partial charge in [0.15, 0.2) is 11.4 Å². The van der Waals surface area contributed by atoms with Crippen LogP contribution in [0.1, 0.15) is 41.5 Å². The molecule has 1 spiro atoms. The Kier molecular flexibility index (Phi) is 2.93. The summed E-state index contributed by atoms with van der Waals surface area (Å²) in [6, 6.07) is 17.7. The van der Waals surface area contributed by atoms with Crippen LogP contribution >= 0.6 is 0 Å². The fraction of sp³-hybridized carbons (Fsp3) is 0.280. The van der Waals surface area contributed by atoms with Crippen molar-refractivity contribution in [2.24, 2.45) is 0 Å². The molecular formula is C25H26N4+2. The molecule has 0 aromatic heterocycles. The minimum absolute atomic E-state index is 0.477. The first kappa shape index (κ1) is 16.8. The van der Waals surface area contributed by atoms with Gasteiger partial charge in [-0.25, -0.2) is 0 Å². The molecule has 0 unspecified atom stereocenters. The van der Waals surface area contributed by atoms with Gasteiger partial charge in [-0.1, -0.05) is 33.4 Å². The Morgan fingerprint density at radius 1 is 0.586 bits per heavy atom. The van der Waals surface area contributed by atoms with Gasteiger partial charge in [0, 0.05) is 48.5 Å². The second kappa shape index (κ2) is 5.07. The molecule has 0 saturated carbocycles. The lowest BCUT2D eigenvalue weighted by molar-refractivity contribution is -0.748. The zero-order chi connectivity index (χ0) is 20.2. The molecule has 4 nitrogen and oxygen atoms in total. The second-order valence-electron chi connectivity index (χ2n) is 8.51. The Balaban J connectivity index is 1.88. The Morgan fingerprint density at radius 2 is 0.966 bits per heavy atom. The van der Waals surface area contributed by atoms with Gasteiger partial charge in [-0.3, -0.25) is 0 Å². The van der Waals surface area contributed by atoms with Gasteiger partial charge in [0.05, 0.1) is 0 Å². The van der Waals surface area contributed by atoms with Crippen molar-refractivity contribution in [3.05, 3.63) is 71.1 Å². The van der Waals surface area contributed by atoms with E-state index in [-0.39, 0.29) is 0 Å². The molecule has 4 aliphatic rings. The van der Waals surface area contributed by atoms with E-state index < -0.39 is 5.91 Å². The second-order valence-corrected chi connectivity index (χ2v) is 8.51. The Bertz CT molecular complexity index is 1170. The number of anilines is 2. The van der Waals surface area contributed by atoms with Crippen LogP contribution in [0.2, 0.25) is 0 Å². The lowest BCUT2D eigenvalue weighted by atomic mass is 10.0. The molecule has 0 N–H and O–H groups in total. The van der Waals surface area contributed by atoms with Crippen molar-refractivity contribution in [3.63, 3.8) is 0 Å². The molecule has 0 radical (unpaired) electrons. The minimum atomic E-state index is -0.477. The Hall–Kier alpha value is -3.14. The molecule has 0 bridgehead atoms. The lowest BCUT2D eigenvalue weighted by Crippen LogP contribution is -2.70. The maximum Gasteiger partial charge on any atom is 0.553 e. The van der Waals surface area contributed by atoms with Gasteiger partial charge >= 0.3 is 5.91 Å². The van der Waals surface area contributed by atoms with Crippen molar-refractivity contribution < 1.29 is 9.15 Å². The van der Waals surface area contributed by atoms with Crippen molar-refractivity contribution in [1.82, 2.24) is 0 Å². The number of hydrogen-bond donors (Lipinski definition) is 0. The highest BCUT2D eigenvalue weighted by molar-refractivity contribution is 6.03. The molecule has 0 aliphatic carbocycles. The largest absolute Gasteiger partial charge is 0.553 e. The van der Waals surface area contributed by atoms with Crippen LogP contribution in [-0.2, 0) is 0 Å². The van der Waals surface area contributed by atoms with Crippen molar-refractivity contribution >= 4 is 34.2 Å². The highest BCUT2D eigenvalue weighted by Crippen LogP contribution is 2.60. The molecule has 6 rings (SSSR count). The van der Waals surface area contributed by atoms with E-state index in [1.165, 1.54) is 56.7 Å². The monoisotopic (exact) mass is 382 g/mol. The van der Waals surface area contributed by atoms with Crippen LogP contribution in [0.4, 0.5) is 22.7 Å². The van der Waals surface area contributed by atoms with Crippen molar-refractivity contribution in [2.75, 3.05) is 9.80 Å². The van der Waals surface area contributed by atoms with Gasteiger partial charge < -0.3 is 0 Å². The van der Waals surface area contributed by atoms with Crippen LogP contribution in [0.5, 0.6) is 0 Å². The normalized spacial score (nSPS) is 21.0. The topological polar surface area (TPSA) is 12.5 Å². The minimum Gasteiger partial charge on any atom is -0.197 e. The number of nitrogens with zero attached hydrogens (tertiary/aromatic N) is 4. The fourth-order valence-electron chi connectivity index (χ4n) is 5.75. The van der Waals surface area contributed by atoms with E-state index in [0.29, 0.717) is 0 Å². The molecule has 4 aliphatic heterocycles. The van der Waals surface area contributed by atoms with E-state index in [2.05, 4.69) is 109 Å². The Labute approximate surface area is 172 Å². The average Bonchev–Trinajstić information content (AvgIpc) is 3.19. The van der Waals surface area contributed by atoms with Crippen LogP contribution in [-0.4, -0.2) is 26.5 Å². The third kappa shape index (κ3) is 1.57. The number of benzene rings is 2. The SMILES string of the molecule is CC1=C(C)N2c3ccccc3[N+]3=C(C)C(C)=C(C)N4c5ccccc5[N+](=C1C)C423. The Morgan fingerprint density at radius 3 is 1.38 bits per heavy atom. The highest BCUT2D eigenvalue weighted by atomic mass is 15.7. The summed E-state index contributed by atoms with van der Waals surface area (Å²) in [6.07, 6.45) is 0. The van der Waals surface area contributed by atoms with Crippen LogP contribution in [0.3, 0.4) is 0 Å². The van der Waals surface area contributed by atoms with E-state index in [1.54, 1.807) is 0 Å². The van der Waals surface area contributed by atoms with Crippen LogP contribution in [0, 0.1) is 0 Å². The molecule has 2 aromatic rings. The molecule has 0 fully saturated rings. The number of para-hydroxylation sites is 4. The summed E-state index contributed by atoms with van der Waals surface area (Å²) in [7, 11) is 0. The van der Waals surface area contributed by atoms with Gasteiger partial charge in [0.1, 0.15) is 11.4 Å². The molecule has 0 saturated heterocycles. The summed E-state index contributed by atoms with van der Waals surface area (Å²) in [5.74, 6) is -0.477. The van der Waals surface area contributed by atoms with Crippen molar-refractivity contribution in [2.45, 2.75) is 47.5 Å². The van der Waals surface area contributed by atoms with Crippen LogP contribution in [0.25, 0.3) is 0 Å². The van der Waals surface area contributed by atoms with Gasteiger partial charge in [-0.05, 0) is 39.8 Å². The molecular weight excluding hydrogens is 356 g/mol. The van der Waals surface area contributed by atoms with Crippen molar-refractivity contribution in [1.29, 1.82) is 0 Å². The molecule has 29 heavy (non-hydrogen) atoms. The first-order valence-corrected chi connectivity index (χ1v) is 10.3. The number of allylic oxidation sites excluding steroid dienone is 4. The quantitative estimate of drug-likeness (QED) is 0.561. The molecule has 0 amide bonds. The smallest absolute Gasteiger partial charge is 0.197 e. The van der Waals surface area contributed by atoms with E-state index in [0.717, 1.165) is 0 Å². The van der Waals surface area contributed by atoms with Gasteiger partial charge in [0.2, 0.25) is 11.4 Å². The predicted molar refractivity (Wildman–Crippen MR) is 119 cm³/mol. The molecule has 0 atom stereocenters.